The van der Waals surface area contributed by atoms with E-state index >= 15 is 0 Å². The Balaban J connectivity index is 2.10. The Hall–Kier alpha value is -0.220. The van der Waals surface area contributed by atoms with E-state index in [4.69, 9.17) is 0 Å². The summed E-state index contributed by atoms with van der Waals surface area (Å²) < 4.78 is 0.360. The fourth-order valence-electron chi connectivity index (χ4n) is 1.80. The first kappa shape index (κ1) is 12.8. The summed E-state index contributed by atoms with van der Waals surface area (Å²) in [6, 6.07) is 0. The molecule has 0 aromatic carbocycles. The van der Waals surface area contributed by atoms with Crippen LogP contribution in [0.3, 0.4) is 0 Å². The average Bonchev–Trinajstić information content (AvgIpc) is 2.17. The standard InChI is InChI=1S/C11H22N2OS/c1-12-8-3-5-10(14)13-9-11(15-2)6-4-7-11/h12H,3-9H2,1-2H3,(H,13,14). The summed E-state index contributed by atoms with van der Waals surface area (Å²) in [7, 11) is 1.91. The van der Waals surface area contributed by atoms with E-state index in [0.29, 0.717) is 11.2 Å². The SMILES string of the molecule is CNCCCC(=O)NCC1(SC)CCC1. The zero-order valence-corrected chi connectivity index (χ0v) is 10.6. The number of hydrogen-bond acceptors (Lipinski definition) is 3. The van der Waals surface area contributed by atoms with Gasteiger partial charge >= 0.3 is 0 Å². The fraction of sp³-hybridized carbons (Fsp3) is 0.909. The maximum absolute atomic E-state index is 11.5. The molecule has 1 saturated carbocycles. The Morgan fingerprint density at radius 2 is 2.20 bits per heavy atom. The van der Waals surface area contributed by atoms with Gasteiger partial charge in [-0.1, -0.05) is 6.42 Å². The molecule has 1 amide bonds. The van der Waals surface area contributed by atoms with Crippen molar-refractivity contribution in [2.45, 2.75) is 36.9 Å². The lowest BCUT2D eigenvalue weighted by Gasteiger charge is -2.40. The first-order valence-electron chi connectivity index (χ1n) is 5.69. The molecule has 88 valence electrons. The van der Waals surface area contributed by atoms with Gasteiger partial charge in [0.05, 0.1) is 0 Å². The normalized spacial score (nSPS) is 18.3. The van der Waals surface area contributed by atoms with E-state index < -0.39 is 0 Å². The van der Waals surface area contributed by atoms with Crippen LogP contribution >= 0.6 is 11.8 Å². The van der Waals surface area contributed by atoms with Gasteiger partial charge in [0.25, 0.3) is 0 Å². The highest BCUT2D eigenvalue weighted by Crippen LogP contribution is 2.42. The third kappa shape index (κ3) is 4.03. The van der Waals surface area contributed by atoms with Crippen LogP contribution in [-0.4, -0.2) is 37.0 Å². The monoisotopic (exact) mass is 230 g/mol. The molecule has 0 aromatic rings. The lowest BCUT2D eigenvalue weighted by molar-refractivity contribution is -0.121. The Morgan fingerprint density at radius 3 is 2.67 bits per heavy atom. The van der Waals surface area contributed by atoms with Crippen LogP contribution in [0.1, 0.15) is 32.1 Å². The molecule has 4 heteroatoms. The second-order valence-electron chi connectivity index (χ2n) is 4.22. The summed E-state index contributed by atoms with van der Waals surface area (Å²) in [4.78, 5) is 11.5. The number of carbonyl (C=O) groups is 1. The Labute approximate surface area is 96.8 Å². The van der Waals surface area contributed by atoms with Crippen molar-refractivity contribution < 1.29 is 4.79 Å². The molecule has 2 N–H and O–H groups in total. The molecule has 1 fully saturated rings. The van der Waals surface area contributed by atoms with Crippen LogP contribution in [0.4, 0.5) is 0 Å². The Morgan fingerprint density at radius 1 is 1.47 bits per heavy atom. The van der Waals surface area contributed by atoms with E-state index in [9.17, 15) is 4.79 Å². The summed E-state index contributed by atoms with van der Waals surface area (Å²) in [5.41, 5.74) is 0. The molecule has 1 aliphatic carbocycles. The van der Waals surface area contributed by atoms with Crippen LogP contribution in [0.2, 0.25) is 0 Å². The van der Waals surface area contributed by atoms with Gasteiger partial charge in [0.15, 0.2) is 0 Å². The van der Waals surface area contributed by atoms with Crippen molar-refractivity contribution in [1.29, 1.82) is 0 Å². The van der Waals surface area contributed by atoms with Gasteiger partial charge in [-0.15, -0.1) is 0 Å². The Kier molecular flexibility index (Phi) is 5.47. The smallest absolute Gasteiger partial charge is 0.220 e. The van der Waals surface area contributed by atoms with Gasteiger partial charge in [0, 0.05) is 17.7 Å². The van der Waals surface area contributed by atoms with E-state index in [1.54, 1.807) is 0 Å². The lowest BCUT2D eigenvalue weighted by Crippen LogP contribution is -2.45. The molecular formula is C11H22N2OS. The van der Waals surface area contributed by atoms with Crippen molar-refractivity contribution in [3.63, 3.8) is 0 Å². The van der Waals surface area contributed by atoms with Crippen molar-refractivity contribution in [2.75, 3.05) is 26.4 Å². The van der Waals surface area contributed by atoms with Gasteiger partial charge in [-0.05, 0) is 39.1 Å². The lowest BCUT2D eigenvalue weighted by atomic mass is 9.84. The van der Waals surface area contributed by atoms with Gasteiger partial charge in [-0.2, -0.15) is 11.8 Å². The number of nitrogens with one attached hydrogen (secondary N) is 2. The first-order valence-corrected chi connectivity index (χ1v) is 6.91. The summed E-state index contributed by atoms with van der Waals surface area (Å²) in [5, 5.41) is 6.09. The molecule has 0 radical (unpaired) electrons. The minimum absolute atomic E-state index is 0.200. The van der Waals surface area contributed by atoms with Crippen molar-refractivity contribution in [1.82, 2.24) is 10.6 Å². The predicted octanol–water partition coefficient (Wildman–Crippen LogP) is 1.39. The number of hydrogen-bond donors (Lipinski definition) is 2. The predicted molar refractivity (Wildman–Crippen MR) is 66.3 cm³/mol. The molecule has 1 aliphatic rings. The van der Waals surface area contributed by atoms with Crippen LogP contribution in [0.5, 0.6) is 0 Å². The summed E-state index contributed by atoms with van der Waals surface area (Å²) in [5.74, 6) is 0.200. The third-order valence-corrected chi connectivity index (χ3v) is 4.55. The quantitative estimate of drug-likeness (QED) is 0.649. The first-order chi connectivity index (χ1) is 7.22. The molecule has 0 aliphatic heterocycles. The molecular weight excluding hydrogens is 208 g/mol. The summed E-state index contributed by atoms with van der Waals surface area (Å²) in [6.45, 7) is 1.77. The largest absolute Gasteiger partial charge is 0.355 e. The number of amides is 1. The number of carbonyl (C=O) groups excluding carboxylic acids is 1. The van der Waals surface area contributed by atoms with E-state index in [2.05, 4.69) is 16.9 Å². The second kappa shape index (κ2) is 6.38. The average molecular weight is 230 g/mol. The van der Waals surface area contributed by atoms with Gasteiger partial charge < -0.3 is 10.6 Å². The topological polar surface area (TPSA) is 41.1 Å². The van der Waals surface area contributed by atoms with Crippen LogP contribution in [0, 0.1) is 0 Å². The highest BCUT2D eigenvalue weighted by atomic mass is 32.2. The second-order valence-corrected chi connectivity index (χ2v) is 5.50. The van der Waals surface area contributed by atoms with Gasteiger partial charge in [0.1, 0.15) is 0 Å². The summed E-state index contributed by atoms with van der Waals surface area (Å²) >= 11 is 1.90. The van der Waals surface area contributed by atoms with Crippen LogP contribution in [-0.2, 0) is 4.79 Å². The van der Waals surface area contributed by atoms with Crippen LogP contribution < -0.4 is 10.6 Å². The van der Waals surface area contributed by atoms with Gasteiger partial charge in [-0.25, -0.2) is 0 Å². The van der Waals surface area contributed by atoms with Gasteiger partial charge in [0.2, 0.25) is 5.91 Å². The summed E-state index contributed by atoms with van der Waals surface area (Å²) in [6.07, 6.45) is 7.54. The molecule has 0 spiro atoms. The van der Waals surface area contributed by atoms with E-state index in [-0.39, 0.29) is 5.91 Å². The van der Waals surface area contributed by atoms with E-state index in [1.807, 2.05) is 18.8 Å². The van der Waals surface area contributed by atoms with Gasteiger partial charge in [-0.3, -0.25) is 4.79 Å². The zero-order valence-electron chi connectivity index (χ0n) is 9.77. The molecule has 0 aromatic heterocycles. The maximum Gasteiger partial charge on any atom is 0.220 e. The molecule has 0 bridgehead atoms. The molecule has 3 nitrogen and oxygen atoms in total. The minimum Gasteiger partial charge on any atom is -0.355 e. The number of rotatable bonds is 7. The Bertz CT molecular complexity index is 199. The van der Waals surface area contributed by atoms with Crippen LogP contribution in [0.25, 0.3) is 0 Å². The van der Waals surface area contributed by atoms with Crippen molar-refractivity contribution in [3.8, 4) is 0 Å². The van der Waals surface area contributed by atoms with Crippen molar-refractivity contribution >= 4 is 17.7 Å². The minimum atomic E-state index is 0.200. The van der Waals surface area contributed by atoms with E-state index in [1.165, 1.54) is 19.3 Å². The molecule has 15 heavy (non-hydrogen) atoms. The molecule has 0 atom stereocenters. The molecule has 0 heterocycles. The highest BCUT2D eigenvalue weighted by Gasteiger charge is 2.36. The van der Waals surface area contributed by atoms with E-state index in [0.717, 1.165) is 19.5 Å². The fourth-order valence-corrected chi connectivity index (χ4v) is 2.71. The zero-order chi connectivity index (χ0) is 11.1. The molecule has 0 saturated heterocycles. The molecule has 0 unspecified atom stereocenters. The maximum atomic E-state index is 11.5. The van der Waals surface area contributed by atoms with Crippen molar-refractivity contribution in [2.24, 2.45) is 0 Å². The van der Waals surface area contributed by atoms with Crippen LogP contribution in [0.15, 0.2) is 0 Å². The molecule has 1 rings (SSSR count). The number of thioether (sulfide) groups is 1. The van der Waals surface area contributed by atoms with Crippen molar-refractivity contribution in [3.05, 3.63) is 0 Å². The highest BCUT2D eigenvalue weighted by molar-refractivity contribution is 8.00. The third-order valence-electron chi connectivity index (χ3n) is 3.14.